The minimum atomic E-state index is -0.170. The minimum Gasteiger partial charge on any atom is -0.345 e. The van der Waals surface area contributed by atoms with Crippen LogP contribution in [0.5, 0.6) is 0 Å². The van der Waals surface area contributed by atoms with E-state index >= 15 is 0 Å². The standard InChI is InChI=1S/C21H20ClN3O/c1-14-19(20(22)25(24-14)16-10-3-2-4-11-16)21(26)23-18-13-7-9-15-8-5-6-12-17(15)18/h2-6,8,10-12,18H,7,9,13H2,1H3,(H,23,26)/t18-/m1/s1. The summed E-state index contributed by atoms with van der Waals surface area (Å²) >= 11 is 6.52. The second-order valence-electron chi connectivity index (χ2n) is 6.62. The third-order valence-electron chi connectivity index (χ3n) is 4.91. The molecule has 0 unspecified atom stereocenters. The van der Waals surface area contributed by atoms with Gasteiger partial charge in [-0.25, -0.2) is 4.68 Å². The summed E-state index contributed by atoms with van der Waals surface area (Å²) < 4.78 is 1.61. The Bertz CT molecular complexity index is 949. The van der Waals surface area contributed by atoms with Crippen LogP contribution in [0, 0.1) is 6.92 Å². The highest BCUT2D eigenvalue weighted by Crippen LogP contribution is 2.31. The Morgan fingerprint density at radius 1 is 1.15 bits per heavy atom. The molecule has 4 nitrogen and oxygen atoms in total. The molecule has 1 N–H and O–H groups in total. The van der Waals surface area contributed by atoms with Crippen LogP contribution in [0.1, 0.15) is 46.1 Å². The van der Waals surface area contributed by atoms with Gasteiger partial charge in [0.15, 0.2) is 0 Å². The molecule has 0 fully saturated rings. The Hall–Kier alpha value is -2.59. The van der Waals surface area contributed by atoms with Crippen LogP contribution in [-0.2, 0) is 6.42 Å². The molecular weight excluding hydrogens is 346 g/mol. The predicted molar refractivity (Wildman–Crippen MR) is 103 cm³/mol. The van der Waals surface area contributed by atoms with E-state index in [1.807, 2.05) is 49.4 Å². The maximum atomic E-state index is 13.0. The zero-order valence-corrected chi connectivity index (χ0v) is 15.3. The molecule has 1 aliphatic carbocycles. The lowest BCUT2D eigenvalue weighted by Gasteiger charge is -2.26. The molecule has 132 valence electrons. The molecule has 1 atom stereocenters. The topological polar surface area (TPSA) is 46.9 Å². The summed E-state index contributed by atoms with van der Waals surface area (Å²) in [5.41, 5.74) is 4.42. The van der Waals surface area contributed by atoms with Crippen LogP contribution in [-0.4, -0.2) is 15.7 Å². The van der Waals surface area contributed by atoms with Crippen LogP contribution in [0.25, 0.3) is 5.69 Å². The largest absolute Gasteiger partial charge is 0.345 e. The summed E-state index contributed by atoms with van der Waals surface area (Å²) in [5.74, 6) is -0.170. The van der Waals surface area contributed by atoms with Crippen molar-refractivity contribution in [1.82, 2.24) is 15.1 Å². The quantitative estimate of drug-likeness (QED) is 0.734. The highest BCUT2D eigenvalue weighted by Gasteiger charge is 2.26. The Labute approximate surface area is 157 Å². The second-order valence-corrected chi connectivity index (χ2v) is 6.97. The average molecular weight is 366 g/mol. The molecule has 26 heavy (non-hydrogen) atoms. The van der Waals surface area contributed by atoms with E-state index in [0.29, 0.717) is 16.4 Å². The summed E-state index contributed by atoms with van der Waals surface area (Å²) in [4.78, 5) is 13.0. The summed E-state index contributed by atoms with van der Waals surface area (Å²) in [7, 11) is 0. The number of carbonyl (C=O) groups excluding carboxylic acids is 1. The number of para-hydroxylation sites is 1. The first kappa shape index (κ1) is 16.9. The lowest BCUT2D eigenvalue weighted by molar-refractivity contribution is 0.0932. The van der Waals surface area contributed by atoms with E-state index in [2.05, 4.69) is 22.5 Å². The number of fused-ring (bicyclic) bond motifs is 1. The molecule has 1 aliphatic rings. The fraction of sp³-hybridized carbons (Fsp3) is 0.238. The molecule has 1 heterocycles. The van der Waals surface area contributed by atoms with E-state index in [0.717, 1.165) is 24.9 Å². The Kier molecular flexibility index (Phi) is 4.51. The van der Waals surface area contributed by atoms with Crippen molar-refractivity contribution in [3.05, 3.63) is 82.1 Å². The molecule has 0 spiro atoms. The van der Waals surface area contributed by atoms with E-state index in [1.54, 1.807) is 4.68 Å². The molecule has 0 aliphatic heterocycles. The van der Waals surface area contributed by atoms with Crippen molar-refractivity contribution < 1.29 is 4.79 Å². The highest BCUT2D eigenvalue weighted by atomic mass is 35.5. The first-order valence-corrected chi connectivity index (χ1v) is 9.22. The highest BCUT2D eigenvalue weighted by molar-refractivity contribution is 6.33. The molecule has 0 saturated carbocycles. The van der Waals surface area contributed by atoms with Crippen molar-refractivity contribution in [1.29, 1.82) is 0 Å². The number of amides is 1. The van der Waals surface area contributed by atoms with Gasteiger partial charge in [0.1, 0.15) is 5.15 Å². The summed E-state index contributed by atoms with van der Waals surface area (Å²) in [6, 6.07) is 17.9. The van der Waals surface area contributed by atoms with Gasteiger partial charge in [-0.05, 0) is 49.4 Å². The molecule has 0 bridgehead atoms. The molecule has 0 radical (unpaired) electrons. The molecular formula is C21H20ClN3O. The number of hydrogen-bond acceptors (Lipinski definition) is 2. The Balaban J connectivity index is 1.63. The lowest BCUT2D eigenvalue weighted by Crippen LogP contribution is -2.31. The van der Waals surface area contributed by atoms with E-state index in [9.17, 15) is 4.79 Å². The van der Waals surface area contributed by atoms with E-state index in [-0.39, 0.29) is 11.9 Å². The van der Waals surface area contributed by atoms with Crippen LogP contribution in [0.2, 0.25) is 5.15 Å². The fourth-order valence-corrected chi connectivity index (χ4v) is 3.99. The van der Waals surface area contributed by atoms with Gasteiger partial charge >= 0.3 is 0 Å². The maximum Gasteiger partial charge on any atom is 0.256 e. The number of aryl methyl sites for hydroxylation is 2. The number of aromatic nitrogens is 2. The van der Waals surface area contributed by atoms with Gasteiger partial charge in [0.05, 0.1) is 23.0 Å². The van der Waals surface area contributed by atoms with Crippen molar-refractivity contribution in [3.8, 4) is 5.69 Å². The Morgan fingerprint density at radius 2 is 1.88 bits per heavy atom. The zero-order chi connectivity index (χ0) is 18.1. The lowest BCUT2D eigenvalue weighted by atomic mass is 9.87. The van der Waals surface area contributed by atoms with Gasteiger partial charge in [-0.2, -0.15) is 5.10 Å². The second kappa shape index (κ2) is 6.96. The predicted octanol–water partition coefficient (Wildman–Crippen LogP) is 4.64. The first-order valence-electron chi connectivity index (χ1n) is 8.84. The number of nitrogens with one attached hydrogen (secondary N) is 1. The van der Waals surface area contributed by atoms with Gasteiger partial charge in [-0.3, -0.25) is 4.79 Å². The third kappa shape index (κ3) is 3.01. The smallest absolute Gasteiger partial charge is 0.256 e. The molecule has 2 aromatic carbocycles. The molecule has 1 aromatic heterocycles. The van der Waals surface area contributed by atoms with E-state index < -0.39 is 0 Å². The van der Waals surface area contributed by atoms with Crippen molar-refractivity contribution in [2.75, 3.05) is 0 Å². The zero-order valence-electron chi connectivity index (χ0n) is 14.6. The van der Waals surface area contributed by atoms with Crippen molar-refractivity contribution >= 4 is 17.5 Å². The molecule has 0 saturated heterocycles. The molecule has 5 heteroatoms. The number of nitrogens with zero attached hydrogens (tertiary/aromatic N) is 2. The Morgan fingerprint density at radius 3 is 2.69 bits per heavy atom. The van der Waals surface area contributed by atoms with Gasteiger partial charge in [0.2, 0.25) is 0 Å². The number of rotatable bonds is 3. The number of carbonyl (C=O) groups is 1. The first-order chi connectivity index (χ1) is 12.6. The monoisotopic (exact) mass is 365 g/mol. The third-order valence-corrected chi connectivity index (χ3v) is 5.26. The fourth-order valence-electron chi connectivity index (χ4n) is 3.63. The van der Waals surface area contributed by atoms with Crippen LogP contribution in [0.15, 0.2) is 54.6 Å². The summed E-state index contributed by atoms with van der Waals surface area (Å²) in [6.45, 7) is 1.81. The van der Waals surface area contributed by atoms with Crippen LogP contribution < -0.4 is 5.32 Å². The SMILES string of the molecule is Cc1nn(-c2ccccc2)c(Cl)c1C(=O)N[C@@H]1CCCc2ccccc21. The van der Waals surface area contributed by atoms with Gasteiger partial charge in [-0.1, -0.05) is 54.1 Å². The van der Waals surface area contributed by atoms with Gasteiger partial charge in [0.25, 0.3) is 5.91 Å². The van der Waals surface area contributed by atoms with Gasteiger partial charge in [-0.15, -0.1) is 0 Å². The average Bonchev–Trinajstić information content (AvgIpc) is 2.97. The van der Waals surface area contributed by atoms with Crippen LogP contribution >= 0.6 is 11.6 Å². The number of halogens is 1. The number of benzene rings is 2. The summed E-state index contributed by atoms with van der Waals surface area (Å²) in [6.07, 6.45) is 3.07. The molecule has 4 rings (SSSR count). The van der Waals surface area contributed by atoms with Crippen molar-refractivity contribution in [3.63, 3.8) is 0 Å². The van der Waals surface area contributed by atoms with E-state index in [1.165, 1.54) is 11.1 Å². The van der Waals surface area contributed by atoms with E-state index in [4.69, 9.17) is 11.6 Å². The summed E-state index contributed by atoms with van der Waals surface area (Å²) in [5, 5.41) is 7.97. The maximum absolute atomic E-state index is 13.0. The van der Waals surface area contributed by atoms with Gasteiger partial charge in [0, 0.05) is 0 Å². The van der Waals surface area contributed by atoms with Crippen LogP contribution in [0.4, 0.5) is 0 Å². The van der Waals surface area contributed by atoms with Crippen molar-refractivity contribution in [2.45, 2.75) is 32.2 Å². The van der Waals surface area contributed by atoms with Gasteiger partial charge < -0.3 is 5.32 Å². The normalized spacial score (nSPS) is 16.2. The molecule has 1 amide bonds. The minimum absolute atomic E-state index is 0.0167. The number of hydrogen-bond donors (Lipinski definition) is 1. The van der Waals surface area contributed by atoms with Crippen molar-refractivity contribution in [2.24, 2.45) is 0 Å². The molecule has 3 aromatic rings. The van der Waals surface area contributed by atoms with Crippen LogP contribution in [0.3, 0.4) is 0 Å².